The van der Waals surface area contributed by atoms with Crippen LogP contribution in [0.4, 0.5) is 5.69 Å². The molecule has 3 N–H and O–H groups in total. The van der Waals surface area contributed by atoms with Crippen molar-refractivity contribution < 1.29 is 32.0 Å². The van der Waals surface area contributed by atoms with Gasteiger partial charge in [0.05, 0.1) is 11.3 Å². The van der Waals surface area contributed by atoms with Crippen LogP contribution in [0.3, 0.4) is 0 Å². The average Bonchev–Trinajstić information content (AvgIpc) is 3.87. The van der Waals surface area contributed by atoms with E-state index in [4.69, 9.17) is 9.15 Å². The lowest BCUT2D eigenvalue weighted by Gasteiger charge is -2.30. The average molecular weight is 678 g/mol. The second-order valence-corrected chi connectivity index (χ2v) is 16.3. The first kappa shape index (κ1) is 32.4. The number of hydrogen-bond acceptors (Lipinski definition) is 9. The van der Waals surface area contributed by atoms with Gasteiger partial charge in [0.15, 0.2) is 5.58 Å². The number of nitrogens with zero attached hydrogens (tertiary/aromatic N) is 2. The molecule has 1 aromatic heterocycles. The van der Waals surface area contributed by atoms with Crippen LogP contribution in [0.5, 0.6) is 6.08 Å². The van der Waals surface area contributed by atoms with Crippen molar-refractivity contribution in [3.05, 3.63) is 54.6 Å². The number of ether oxygens (including phenoxy) is 1. The van der Waals surface area contributed by atoms with E-state index in [0.29, 0.717) is 43.2 Å². The monoisotopic (exact) mass is 677 g/mol. The number of anilines is 1. The van der Waals surface area contributed by atoms with Crippen molar-refractivity contribution in [2.75, 3.05) is 11.9 Å². The zero-order chi connectivity index (χ0) is 33.5. The number of oxazole rings is 1. The summed E-state index contributed by atoms with van der Waals surface area (Å²) in [6.45, 7) is 1.73. The minimum Gasteiger partial charge on any atom is -0.445 e. The molecule has 48 heavy (non-hydrogen) atoms. The summed E-state index contributed by atoms with van der Waals surface area (Å²) in [5, 5.41) is 6.36. The minimum atomic E-state index is -3.91. The van der Waals surface area contributed by atoms with E-state index in [0.717, 1.165) is 37.8 Å². The number of rotatable bonds is 7. The first-order valence-corrected chi connectivity index (χ1v) is 18.6. The van der Waals surface area contributed by atoms with E-state index in [1.807, 2.05) is 48.5 Å². The Balaban J connectivity index is 1.17. The molecule has 13 heteroatoms. The fraction of sp³-hybridized carbons (Fsp3) is 0.543. The third kappa shape index (κ3) is 6.48. The summed E-state index contributed by atoms with van der Waals surface area (Å²) in [6, 6.07) is 15.2. The van der Waals surface area contributed by atoms with Gasteiger partial charge in [0, 0.05) is 12.1 Å². The molecule has 3 heterocycles. The van der Waals surface area contributed by atoms with Crippen molar-refractivity contribution in [2.24, 2.45) is 5.92 Å². The minimum absolute atomic E-state index is 0.0487. The van der Waals surface area contributed by atoms with Crippen LogP contribution in [0, 0.1) is 5.92 Å². The van der Waals surface area contributed by atoms with Gasteiger partial charge in [-0.05, 0) is 69.2 Å². The van der Waals surface area contributed by atoms with Crippen LogP contribution < -0.4 is 20.1 Å². The molecule has 2 saturated heterocycles. The van der Waals surface area contributed by atoms with Crippen molar-refractivity contribution in [1.29, 1.82) is 0 Å². The van der Waals surface area contributed by atoms with Crippen LogP contribution in [-0.4, -0.2) is 71.0 Å². The molecule has 0 spiro atoms. The van der Waals surface area contributed by atoms with Gasteiger partial charge in [0.25, 0.3) is 5.91 Å². The number of fused-ring (bicyclic) bond motifs is 3. The molecule has 2 aliphatic carbocycles. The highest BCUT2D eigenvalue weighted by Crippen LogP contribution is 2.49. The smallest absolute Gasteiger partial charge is 0.394 e. The number of carbonyl (C=O) groups is 3. The molecular formula is C35H43N5O7S. The Morgan fingerprint density at radius 2 is 1.71 bits per heavy atom. The van der Waals surface area contributed by atoms with E-state index in [1.54, 1.807) is 13.0 Å². The maximum absolute atomic E-state index is 14.4. The lowest BCUT2D eigenvalue weighted by molar-refractivity contribution is -0.140. The highest BCUT2D eigenvalue weighted by Gasteiger charge is 2.63. The fourth-order valence-electron chi connectivity index (χ4n) is 7.13. The summed E-state index contributed by atoms with van der Waals surface area (Å²) in [5.41, 5.74) is 0.633. The molecular weight excluding hydrogens is 634 g/mol. The SMILES string of the molecule is CC1(S(=O)(=O)NC(=O)[C@@]23C[C@H]2CCCCCCC[C@H](Nc2ccccc2)C(=O)N2C[C@H](Oc4nc5ccccc5o4)C[C@H]2C(=O)N3)CC1. The topological polar surface area (TPSA) is 160 Å². The molecule has 3 amide bonds. The third-order valence-corrected chi connectivity index (χ3v) is 12.7. The number of hydrogen-bond donors (Lipinski definition) is 3. The Labute approximate surface area is 280 Å². The summed E-state index contributed by atoms with van der Waals surface area (Å²) in [6.07, 6.45) is 6.74. The molecule has 7 rings (SSSR count). The van der Waals surface area contributed by atoms with Crippen molar-refractivity contribution in [1.82, 2.24) is 19.9 Å². The van der Waals surface area contributed by atoms with Gasteiger partial charge in [-0.2, -0.15) is 4.98 Å². The van der Waals surface area contributed by atoms with E-state index < -0.39 is 50.3 Å². The van der Waals surface area contributed by atoms with E-state index in [9.17, 15) is 22.8 Å². The predicted molar refractivity (Wildman–Crippen MR) is 178 cm³/mol. The fourth-order valence-corrected chi connectivity index (χ4v) is 8.44. The molecule has 2 aromatic carbocycles. The Bertz CT molecular complexity index is 1760. The van der Waals surface area contributed by atoms with Gasteiger partial charge in [0.2, 0.25) is 21.8 Å². The molecule has 0 unspecified atom stereocenters. The van der Waals surface area contributed by atoms with Gasteiger partial charge in [-0.1, -0.05) is 62.4 Å². The summed E-state index contributed by atoms with van der Waals surface area (Å²) in [4.78, 5) is 48.4. The first-order valence-electron chi connectivity index (χ1n) is 17.1. The van der Waals surface area contributed by atoms with Gasteiger partial charge < -0.3 is 24.7 Å². The summed E-state index contributed by atoms with van der Waals surface area (Å²) < 4.78 is 39.4. The van der Waals surface area contributed by atoms with Gasteiger partial charge in [-0.25, -0.2) is 8.42 Å². The van der Waals surface area contributed by atoms with Crippen molar-refractivity contribution in [2.45, 2.75) is 106 Å². The van der Waals surface area contributed by atoms with Crippen LogP contribution in [0.1, 0.15) is 77.6 Å². The van der Waals surface area contributed by atoms with Crippen LogP contribution in [0.2, 0.25) is 0 Å². The third-order valence-electron chi connectivity index (χ3n) is 10.5. The maximum atomic E-state index is 14.4. The van der Waals surface area contributed by atoms with E-state index in [-0.39, 0.29) is 30.9 Å². The standard InChI is InChI=1S/C35H43N5O7S/c1-34(18-19-34)48(44,45)39-32(43)35-21-23(35)12-6-3-2-4-9-16-27(36-24-13-7-5-8-14-24)31(42)40-22-25(20-28(40)30(41)38-35)46-33-37-26-15-10-11-17-29(26)47-33/h5,7-8,10-11,13-15,17,23,25,27-28,36H,2-4,6,9,12,16,18-22H2,1H3,(H,38,41)(H,39,43)/t23-,25-,27+,28+,35-/m1/s1. The lowest BCUT2D eigenvalue weighted by atomic mass is 10.0. The number of aromatic nitrogens is 1. The molecule has 4 aliphatic rings. The second-order valence-electron chi connectivity index (χ2n) is 14.1. The summed E-state index contributed by atoms with van der Waals surface area (Å²) >= 11 is 0. The van der Waals surface area contributed by atoms with E-state index in [2.05, 4.69) is 20.3 Å². The zero-order valence-electron chi connectivity index (χ0n) is 27.2. The molecule has 2 saturated carbocycles. The molecule has 0 radical (unpaired) electrons. The maximum Gasteiger partial charge on any atom is 0.394 e. The largest absolute Gasteiger partial charge is 0.445 e. The normalized spacial score (nSPS) is 29.1. The van der Waals surface area contributed by atoms with Crippen LogP contribution >= 0.6 is 0 Å². The predicted octanol–water partition coefficient (Wildman–Crippen LogP) is 4.27. The van der Waals surface area contributed by atoms with Gasteiger partial charge in [-0.15, -0.1) is 0 Å². The van der Waals surface area contributed by atoms with Crippen LogP contribution in [-0.2, 0) is 24.4 Å². The Kier molecular flexibility index (Phi) is 8.59. The highest BCUT2D eigenvalue weighted by molar-refractivity contribution is 7.91. The van der Waals surface area contributed by atoms with Crippen molar-refractivity contribution >= 4 is 44.5 Å². The Morgan fingerprint density at radius 1 is 1.00 bits per heavy atom. The molecule has 2 aliphatic heterocycles. The first-order chi connectivity index (χ1) is 23.1. The van der Waals surface area contributed by atoms with Crippen LogP contribution in [0.15, 0.2) is 59.0 Å². The van der Waals surface area contributed by atoms with Crippen molar-refractivity contribution in [3.63, 3.8) is 0 Å². The number of nitrogens with one attached hydrogen (secondary N) is 3. The van der Waals surface area contributed by atoms with Crippen LogP contribution in [0.25, 0.3) is 11.1 Å². The highest BCUT2D eigenvalue weighted by atomic mass is 32.2. The molecule has 12 nitrogen and oxygen atoms in total. The number of benzene rings is 2. The number of sulfonamides is 1. The molecule has 0 bridgehead atoms. The summed E-state index contributed by atoms with van der Waals surface area (Å²) in [7, 11) is -3.91. The summed E-state index contributed by atoms with van der Waals surface area (Å²) in [5.74, 6) is -1.64. The quantitative estimate of drug-likeness (QED) is 0.332. The number of carbonyl (C=O) groups excluding carboxylic acids is 3. The Morgan fingerprint density at radius 3 is 2.46 bits per heavy atom. The lowest BCUT2D eigenvalue weighted by Crippen LogP contribution is -2.58. The zero-order valence-corrected chi connectivity index (χ0v) is 28.0. The van der Waals surface area contributed by atoms with E-state index in [1.165, 1.54) is 4.90 Å². The number of para-hydroxylation sites is 3. The molecule has 4 fully saturated rings. The molecule has 3 aromatic rings. The van der Waals surface area contributed by atoms with Gasteiger partial charge in [0.1, 0.15) is 29.2 Å². The van der Waals surface area contributed by atoms with Gasteiger partial charge in [-0.3, -0.25) is 19.1 Å². The molecule has 256 valence electrons. The van der Waals surface area contributed by atoms with Crippen molar-refractivity contribution in [3.8, 4) is 6.08 Å². The van der Waals surface area contributed by atoms with E-state index >= 15 is 0 Å². The van der Waals surface area contributed by atoms with Gasteiger partial charge >= 0.3 is 6.08 Å². The Hall–Kier alpha value is -4.13. The number of amides is 3. The second kappa shape index (κ2) is 12.7. The molecule has 5 atom stereocenters.